The van der Waals surface area contributed by atoms with Crippen LogP contribution in [0.25, 0.3) is 0 Å². The van der Waals surface area contributed by atoms with Crippen molar-refractivity contribution in [3.8, 4) is 0 Å². The zero-order chi connectivity index (χ0) is 14.6. The first-order chi connectivity index (χ1) is 9.54. The van der Waals surface area contributed by atoms with E-state index in [-0.39, 0.29) is 6.61 Å². The van der Waals surface area contributed by atoms with E-state index in [4.69, 9.17) is 5.11 Å². The fraction of sp³-hybridized carbons (Fsp3) is 0.714. The fourth-order valence-electron chi connectivity index (χ4n) is 2.73. The second-order valence-electron chi connectivity index (χ2n) is 5.48. The van der Waals surface area contributed by atoms with Gasteiger partial charge in [0.1, 0.15) is 4.21 Å². The average molecular weight is 317 g/mol. The lowest BCUT2D eigenvalue weighted by Gasteiger charge is -2.26. The van der Waals surface area contributed by atoms with E-state index < -0.39 is 10.0 Å². The third-order valence-corrected chi connectivity index (χ3v) is 7.34. The van der Waals surface area contributed by atoms with Gasteiger partial charge in [-0.15, -0.1) is 11.3 Å². The van der Waals surface area contributed by atoms with Crippen LogP contribution in [0.5, 0.6) is 0 Å². The molecule has 20 heavy (non-hydrogen) atoms. The first-order valence-electron chi connectivity index (χ1n) is 7.20. The second-order valence-corrected chi connectivity index (χ2v) is 8.92. The molecule has 0 atom stereocenters. The van der Waals surface area contributed by atoms with Gasteiger partial charge in [-0.05, 0) is 30.9 Å². The van der Waals surface area contributed by atoms with Gasteiger partial charge in [0.05, 0.1) is 0 Å². The number of aliphatic hydroxyl groups is 1. The predicted molar refractivity (Wildman–Crippen MR) is 81.5 cm³/mol. The van der Waals surface area contributed by atoms with Gasteiger partial charge in [-0.2, -0.15) is 4.31 Å². The summed E-state index contributed by atoms with van der Waals surface area (Å²) in [5.41, 5.74) is 0. The Morgan fingerprint density at radius 1 is 1.30 bits per heavy atom. The molecule has 4 nitrogen and oxygen atoms in total. The minimum absolute atomic E-state index is 0.0535. The molecule has 1 saturated carbocycles. The molecule has 1 aliphatic carbocycles. The van der Waals surface area contributed by atoms with Crippen molar-refractivity contribution >= 4 is 21.4 Å². The Bertz CT molecular complexity index is 518. The van der Waals surface area contributed by atoms with E-state index in [1.165, 1.54) is 34.9 Å². The van der Waals surface area contributed by atoms with Crippen molar-refractivity contribution in [2.24, 2.45) is 5.92 Å². The van der Waals surface area contributed by atoms with Crippen molar-refractivity contribution in [3.63, 3.8) is 0 Å². The molecule has 1 aromatic rings. The average Bonchev–Trinajstić information content (AvgIpc) is 2.89. The molecule has 114 valence electrons. The van der Waals surface area contributed by atoms with Gasteiger partial charge in [-0.25, -0.2) is 8.42 Å². The molecule has 0 aromatic carbocycles. The SMILES string of the molecule is CN(CC1CCCCC1)S(=O)(=O)c1ccc(CCO)s1. The fourth-order valence-corrected chi connectivity index (χ4v) is 5.53. The normalized spacial score (nSPS) is 17.8. The van der Waals surface area contributed by atoms with Gasteiger partial charge in [-0.3, -0.25) is 0 Å². The molecule has 0 saturated heterocycles. The molecule has 0 aliphatic heterocycles. The van der Waals surface area contributed by atoms with Crippen LogP contribution in [0.1, 0.15) is 37.0 Å². The number of sulfonamides is 1. The Kier molecular flexibility index (Phi) is 5.60. The minimum Gasteiger partial charge on any atom is -0.396 e. The molecule has 1 heterocycles. The van der Waals surface area contributed by atoms with E-state index >= 15 is 0 Å². The van der Waals surface area contributed by atoms with E-state index in [0.29, 0.717) is 23.1 Å². The number of hydrogen-bond donors (Lipinski definition) is 1. The Morgan fingerprint density at radius 2 is 2.00 bits per heavy atom. The van der Waals surface area contributed by atoms with Crippen molar-refractivity contribution in [3.05, 3.63) is 17.0 Å². The van der Waals surface area contributed by atoms with Gasteiger partial charge in [0.15, 0.2) is 0 Å². The summed E-state index contributed by atoms with van der Waals surface area (Å²) in [7, 11) is -1.69. The lowest BCUT2D eigenvalue weighted by Crippen LogP contribution is -2.32. The Hall–Kier alpha value is -0.430. The van der Waals surface area contributed by atoms with Gasteiger partial charge in [0.25, 0.3) is 10.0 Å². The second kappa shape index (κ2) is 7.02. The highest BCUT2D eigenvalue weighted by atomic mass is 32.2. The van der Waals surface area contributed by atoms with Gasteiger partial charge in [0.2, 0.25) is 0 Å². The molecule has 2 rings (SSSR count). The maximum absolute atomic E-state index is 12.5. The molecule has 1 aromatic heterocycles. The Labute approximate surface area is 125 Å². The number of rotatable bonds is 6. The van der Waals surface area contributed by atoms with Gasteiger partial charge >= 0.3 is 0 Å². The standard InChI is InChI=1S/C14H23NO3S2/c1-15(11-12-5-3-2-4-6-12)20(17,18)14-8-7-13(19-14)9-10-16/h7-8,12,16H,2-6,9-11H2,1H3. The topological polar surface area (TPSA) is 57.6 Å². The molecule has 1 aliphatic rings. The van der Waals surface area contributed by atoms with E-state index in [2.05, 4.69) is 0 Å². The smallest absolute Gasteiger partial charge is 0.252 e. The van der Waals surface area contributed by atoms with Crippen molar-refractivity contribution in [1.29, 1.82) is 0 Å². The summed E-state index contributed by atoms with van der Waals surface area (Å²) in [5.74, 6) is 0.500. The molecule has 0 bridgehead atoms. The van der Waals surface area contributed by atoms with Crippen LogP contribution in [-0.4, -0.2) is 38.0 Å². The molecule has 1 N–H and O–H groups in total. The number of nitrogens with zero attached hydrogens (tertiary/aromatic N) is 1. The molecular weight excluding hydrogens is 294 g/mol. The summed E-state index contributed by atoms with van der Waals surface area (Å²) in [6.45, 7) is 0.674. The highest BCUT2D eigenvalue weighted by Gasteiger charge is 2.26. The van der Waals surface area contributed by atoms with E-state index in [1.54, 1.807) is 19.2 Å². The molecule has 0 spiro atoms. The van der Waals surface area contributed by atoms with Crippen LogP contribution in [0.2, 0.25) is 0 Å². The monoisotopic (exact) mass is 317 g/mol. The first kappa shape index (κ1) is 15.9. The summed E-state index contributed by atoms with van der Waals surface area (Å²) in [6.07, 6.45) is 6.52. The van der Waals surface area contributed by atoms with E-state index in [1.807, 2.05) is 0 Å². The van der Waals surface area contributed by atoms with Gasteiger partial charge in [-0.1, -0.05) is 19.3 Å². The number of thiophene rings is 1. The summed E-state index contributed by atoms with van der Waals surface area (Å²) in [6, 6.07) is 3.45. The minimum atomic E-state index is -3.37. The quantitative estimate of drug-likeness (QED) is 0.877. The van der Waals surface area contributed by atoms with E-state index in [9.17, 15) is 8.42 Å². The van der Waals surface area contributed by atoms with Crippen LogP contribution in [0.3, 0.4) is 0 Å². The van der Waals surface area contributed by atoms with Gasteiger partial charge in [0, 0.05) is 31.5 Å². The largest absolute Gasteiger partial charge is 0.396 e. The van der Waals surface area contributed by atoms with E-state index in [0.717, 1.165) is 17.7 Å². The van der Waals surface area contributed by atoms with Crippen molar-refractivity contribution < 1.29 is 13.5 Å². The summed E-state index contributed by atoms with van der Waals surface area (Å²) in [5, 5.41) is 8.90. The van der Waals surface area contributed by atoms with Crippen LogP contribution in [0.15, 0.2) is 16.3 Å². The highest BCUT2D eigenvalue weighted by molar-refractivity contribution is 7.91. The van der Waals surface area contributed by atoms with Gasteiger partial charge < -0.3 is 5.11 Å². The van der Waals surface area contributed by atoms with Crippen molar-refractivity contribution in [2.75, 3.05) is 20.2 Å². The first-order valence-corrected chi connectivity index (χ1v) is 9.45. The molecule has 1 fully saturated rings. The lowest BCUT2D eigenvalue weighted by molar-refractivity contribution is 0.300. The lowest BCUT2D eigenvalue weighted by atomic mass is 9.89. The zero-order valence-electron chi connectivity index (χ0n) is 11.9. The highest BCUT2D eigenvalue weighted by Crippen LogP contribution is 2.28. The Morgan fingerprint density at radius 3 is 2.65 bits per heavy atom. The molecular formula is C14H23NO3S2. The maximum Gasteiger partial charge on any atom is 0.252 e. The molecule has 0 amide bonds. The molecule has 0 radical (unpaired) electrons. The van der Waals surface area contributed by atoms with Crippen LogP contribution in [0.4, 0.5) is 0 Å². The molecule has 0 unspecified atom stereocenters. The maximum atomic E-state index is 12.5. The molecule has 6 heteroatoms. The van der Waals surface area contributed by atoms with Crippen LogP contribution >= 0.6 is 11.3 Å². The van der Waals surface area contributed by atoms with Crippen LogP contribution < -0.4 is 0 Å². The Balaban J connectivity index is 2.03. The summed E-state index contributed by atoms with van der Waals surface area (Å²) in [4.78, 5) is 0.914. The third-order valence-electron chi connectivity index (χ3n) is 3.90. The van der Waals surface area contributed by atoms with Crippen LogP contribution in [0, 0.1) is 5.92 Å². The zero-order valence-corrected chi connectivity index (χ0v) is 13.5. The predicted octanol–water partition coefficient (Wildman–Crippen LogP) is 2.48. The third kappa shape index (κ3) is 3.81. The summed E-state index contributed by atoms with van der Waals surface area (Å²) >= 11 is 1.27. The van der Waals surface area contributed by atoms with Crippen LogP contribution in [-0.2, 0) is 16.4 Å². The van der Waals surface area contributed by atoms with Crippen molar-refractivity contribution in [1.82, 2.24) is 4.31 Å². The van der Waals surface area contributed by atoms with Crippen molar-refractivity contribution in [2.45, 2.75) is 42.7 Å². The number of hydrogen-bond acceptors (Lipinski definition) is 4. The number of aliphatic hydroxyl groups excluding tert-OH is 1. The summed E-state index contributed by atoms with van der Waals surface area (Å²) < 4.78 is 26.9.